The Balaban J connectivity index is 1.67. The van der Waals surface area contributed by atoms with Gasteiger partial charge in [0.15, 0.2) is 0 Å². The standard InChI is InChI=1S/C26H26N2O2/c1-15(2)27-26(30)21-12-6-10-19-18-9-5-11-20(18)25(28-24(19)21)23-17-8-4-3-7-16(17)13-14-22(23)29/h3-10,12-15,18,20,25,28-29H,11H2,1-2H3,(H,27,30). The predicted octanol–water partition coefficient (Wildman–Crippen LogP) is 5.51. The molecule has 3 unspecified atom stereocenters. The van der Waals surface area contributed by atoms with Gasteiger partial charge in [-0.1, -0.05) is 54.6 Å². The molecular weight excluding hydrogens is 372 g/mol. The molecule has 0 bridgehead atoms. The van der Waals surface area contributed by atoms with E-state index in [1.807, 2.05) is 44.2 Å². The number of carbonyl (C=O) groups is 1. The van der Waals surface area contributed by atoms with Crippen LogP contribution in [0.3, 0.4) is 0 Å². The summed E-state index contributed by atoms with van der Waals surface area (Å²) in [6.45, 7) is 3.93. The molecule has 1 aliphatic heterocycles. The van der Waals surface area contributed by atoms with Crippen LogP contribution < -0.4 is 10.6 Å². The van der Waals surface area contributed by atoms with Crippen LogP contribution in [-0.4, -0.2) is 17.1 Å². The fraction of sp³-hybridized carbons (Fsp3) is 0.269. The van der Waals surface area contributed by atoms with Gasteiger partial charge in [0.1, 0.15) is 5.75 Å². The average Bonchev–Trinajstić information content (AvgIpc) is 3.23. The van der Waals surface area contributed by atoms with E-state index < -0.39 is 0 Å². The monoisotopic (exact) mass is 398 g/mol. The molecule has 0 saturated carbocycles. The molecule has 1 amide bonds. The zero-order valence-electron chi connectivity index (χ0n) is 17.2. The Hall–Kier alpha value is -3.27. The highest BCUT2D eigenvalue weighted by Gasteiger charge is 2.40. The molecule has 0 spiro atoms. The fourth-order valence-corrected chi connectivity index (χ4v) is 5.05. The lowest BCUT2D eigenvalue weighted by molar-refractivity contribution is 0.0943. The maximum Gasteiger partial charge on any atom is 0.253 e. The summed E-state index contributed by atoms with van der Waals surface area (Å²) in [4.78, 5) is 12.9. The Morgan fingerprint density at radius 1 is 1.10 bits per heavy atom. The maximum absolute atomic E-state index is 12.9. The van der Waals surface area contributed by atoms with Crippen LogP contribution >= 0.6 is 0 Å². The van der Waals surface area contributed by atoms with E-state index in [9.17, 15) is 9.90 Å². The van der Waals surface area contributed by atoms with Gasteiger partial charge in [-0.25, -0.2) is 0 Å². The molecule has 30 heavy (non-hydrogen) atoms. The number of para-hydroxylation sites is 1. The third-order valence-electron chi connectivity index (χ3n) is 6.32. The van der Waals surface area contributed by atoms with E-state index in [4.69, 9.17) is 0 Å². The van der Waals surface area contributed by atoms with Crippen LogP contribution in [0.5, 0.6) is 5.75 Å². The number of fused-ring (bicyclic) bond motifs is 4. The first kappa shape index (κ1) is 18.7. The number of benzene rings is 3. The molecule has 1 heterocycles. The number of carbonyl (C=O) groups excluding carboxylic acids is 1. The van der Waals surface area contributed by atoms with Crippen molar-refractivity contribution in [2.75, 3.05) is 5.32 Å². The minimum Gasteiger partial charge on any atom is -0.508 e. The minimum absolute atomic E-state index is 0.0639. The lowest BCUT2D eigenvalue weighted by atomic mass is 9.75. The number of hydrogen-bond acceptors (Lipinski definition) is 3. The average molecular weight is 399 g/mol. The summed E-state index contributed by atoms with van der Waals surface area (Å²) in [5, 5.41) is 19.7. The van der Waals surface area contributed by atoms with Gasteiger partial charge < -0.3 is 15.7 Å². The van der Waals surface area contributed by atoms with E-state index in [0.29, 0.717) is 11.3 Å². The highest BCUT2D eigenvalue weighted by molar-refractivity contribution is 6.01. The van der Waals surface area contributed by atoms with Gasteiger partial charge >= 0.3 is 0 Å². The topological polar surface area (TPSA) is 61.4 Å². The summed E-state index contributed by atoms with van der Waals surface area (Å²) < 4.78 is 0. The summed E-state index contributed by atoms with van der Waals surface area (Å²) in [6, 6.07) is 17.8. The van der Waals surface area contributed by atoms with Gasteiger partial charge in [-0.2, -0.15) is 0 Å². The summed E-state index contributed by atoms with van der Waals surface area (Å²) in [7, 11) is 0. The van der Waals surface area contributed by atoms with Crippen LogP contribution in [0.2, 0.25) is 0 Å². The van der Waals surface area contributed by atoms with E-state index in [1.54, 1.807) is 6.07 Å². The summed E-state index contributed by atoms with van der Waals surface area (Å²) >= 11 is 0. The van der Waals surface area contributed by atoms with Crippen molar-refractivity contribution in [2.24, 2.45) is 5.92 Å². The summed E-state index contributed by atoms with van der Waals surface area (Å²) in [5.74, 6) is 0.731. The van der Waals surface area contributed by atoms with Crippen LogP contribution in [0.4, 0.5) is 5.69 Å². The zero-order valence-corrected chi connectivity index (χ0v) is 17.2. The number of anilines is 1. The van der Waals surface area contributed by atoms with Crippen molar-refractivity contribution in [3.8, 4) is 5.75 Å². The number of phenolic OH excluding ortho intramolecular Hbond substituents is 1. The number of allylic oxidation sites excluding steroid dienone is 2. The van der Waals surface area contributed by atoms with Crippen LogP contribution in [0.25, 0.3) is 10.8 Å². The van der Waals surface area contributed by atoms with E-state index in [1.165, 1.54) is 0 Å². The zero-order chi connectivity index (χ0) is 20.8. The van der Waals surface area contributed by atoms with Crippen molar-refractivity contribution in [3.63, 3.8) is 0 Å². The molecule has 0 radical (unpaired) electrons. The van der Waals surface area contributed by atoms with Crippen molar-refractivity contribution in [1.29, 1.82) is 0 Å². The van der Waals surface area contributed by atoms with Gasteiger partial charge in [0.05, 0.1) is 17.3 Å². The minimum atomic E-state index is -0.0865. The largest absolute Gasteiger partial charge is 0.508 e. The van der Waals surface area contributed by atoms with E-state index in [2.05, 4.69) is 41.0 Å². The normalized spacial score (nSPS) is 21.9. The summed E-state index contributed by atoms with van der Waals surface area (Å²) in [5.41, 5.74) is 3.60. The van der Waals surface area contributed by atoms with Gasteiger partial charge in [-0.15, -0.1) is 0 Å². The van der Waals surface area contributed by atoms with E-state index >= 15 is 0 Å². The molecule has 3 atom stereocenters. The van der Waals surface area contributed by atoms with Gasteiger partial charge in [0.2, 0.25) is 0 Å². The Morgan fingerprint density at radius 3 is 2.77 bits per heavy atom. The second-order valence-corrected chi connectivity index (χ2v) is 8.59. The second-order valence-electron chi connectivity index (χ2n) is 8.59. The van der Waals surface area contributed by atoms with E-state index in [-0.39, 0.29) is 29.8 Å². The van der Waals surface area contributed by atoms with Gasteiger partial charge in [0.25, 0.3) is 5.91 Å². The lowest BCUT2D eigenvalue weighted by Gasteiger charge is -2.39. The Bertz CT molecular complexity index is 1160. The molecule has 5 rings (SSSR count). The lowest BCUT2D eigenvalue weighted by Crippen LogP contribution is -2.34. The molecule has 4 heteroatoms. The quantitative estimate of drug-likeness (QED) is 0.510. The van der Waals surface area contributed by atoms with Crippen molar-refractivity contribution < 1.29 is 9.90 Å². The van der Waals surface area contributed by atoms with Crippen molar-refractivity contribution in [3.05, 3.63) is 83.4 Å². The molecular formula is C26H26N2O2. The van der Waals surface area contributed by atoms with Gasteiger partial charge in [-0.3, -0.25) is 4.79 Å². The van der Waals surface area contributed by atoms with Crippen LogP contribution in [-0.2, 0) is 0 Å². The van der Waals surface area contributed by atoms with Crippen molar-refractivity contribution in [2.45, 2.75) is 38.3 Å². The highest BCUT2D eigenvalue weighted by Crippen LogP contribution is 2.53. The molecule has 0 fully saturated rings. The molecule has 2 aliphatic rings. The van der Waals surface area contributed by atoms with Gasteiger partial charge in [-0.05, 0) is 54.7 Å². The number of aromatic hydroxyl groups is 1. The predicted molar refractivity (Wildman–Crippen MR) is 121 cm³/mol. The number of rotatable bonds is 3. The van der Waals surface area contributed by atoms with Crippen molar-refractivity contribution >= 4 is 22.4 Å². The van der Waals surface area contributed by atoms with Crippen LogP contribution in [0.1, 0.15) is 53.7 Å². The molecule has 0 aromatic heterocycles. The third kappa shape index (κ3) is 2.95. The highest BCUT2D eigenvalue weighted by atomic mass is 16.3. The number of phenols is 1. The van der Waals surface area contributed by atoms with Crippen LogP contribution in [0, 0.1) is 5.92 Å². The number of nitrogens with one attached hydrogen (secondary N) is 2. The van der Waals surface area contributed by atoms with Crippen molar-refractivity contribution in [1.82, 2.24) is 5.32 Å². The molecule has 0 saturated heterocycles. The molecule has 3 aromatic carbocycles. The Morgan fingerprint density at radius 2 is 1.93 bits per heavy atom. The summed E-state index contributed by atoms with van der Waals surface area (Å²) in [6.07, 6.45) is 5.42. The fourth-order valence-electron chi connectivity index (χ4n) is 5.05. The molecule has 1 aliphatic carbocycles. The SMILES string of the molecule is CC(C)NC(=O)c1cccc2c1NC(c1c(O)ccc3ccccc13)C1CC=CC21. The third-order valence-corrected chi connectivity index (χ3v) is 6.32. The molecule has 3 N–H and O–H groups in total. The molecule has 152 valence electrons. The van der Waals surface area contributed by atoms with Crippen LogP contribution in [0.15, 0.2) is 66.7 Å². The smallest absolute Gasteiger partial charge is 0.253 e. The number of amides is 1. The Kier molecular flexibility index (Phi) is 4.50. The van der Waals surface area contributed by atoms with Gasteiger partial charge in [0, 0.05) is 17.5 Å². The second kappa shape index (κ2) is 7.21. The first-order valence-electron chi connectivity index (χ1n) is 10.6. The molecule has 4 nitrogen and oxygen atoms in total. The maximum atomic E-state index is 12.9. The van der Waals surface area contributed by atoms with E-state index in [0.717, 1.165) is 34.0 Å². The first-order valence-corrected chi connectivity index (χ1v) is 10.6. The Labute approximate surface area is 176 Å². The molecule has 3 aromatic rings. The first-order chi connectivity index (χ1) is 14.5. The number of hydrogen-bond donors (Lipinski definition) is 3.